The van der Waals surface area contributed by atoms with Gasteiger partial charge >= 0.3 is 11.9 Å². The fourth-order valence-electron chi connectivity index (χ4n) is 4.55. The van der Waals surface area contributed by atoms with Crippen LogP contribution in [0.15, 0.2) is 48.5 Å². The quantitative estimate of drug-likeness (QED) is 0.200. The van der Waals surface area contributed by atoms with Crippen molar-refractivity contribution in [1.29, 1.82) is 0 Å². The summed E-state index contributed by atoms with van der Waals surface area (Å²) in [5.74, 6) is 0.867. The van der Waals surface area contributed by atoms with Crippen molar-refractivity contribution in [3.05, 3.63) is 84.7 Å². The number of carbonyl (C=O) groups is 2. The molecule has 0 radical (unpaired) electrons. The third kappa shape index (κ3) is 6.96. The van der Waals surface area contributed by atoms with Crippen molar-refractivity contribution < 1.29 is 19.1 Å². The summed E-state index contributed by atoms with van der Waals surface area (Å²) in [5.41, 5.74) is 3.42. The van der Waals surface area contributed by atoms with Crippen LogP contribution < -0.4 is 10.2 Å². The van der Waals surface area contributed by atoms with E-state index in [1.54, 1.807) is 11.6 Å². The van der Waals surface area contributed by atoms with Crippen molar-refractivity contribution in [3.63, 3.8) is 0 Å². The highest BCUT2D eigenvalue weighted by Gasteiger charge is 2.31. The average molecular weight is 711 g/mol. The summed E-state index contributed by atoms with van der Waals surface area (Å²) in [5, 5.41) is 13.2. The number of aromatic nitrogens is 4. The number of anilines is 3. The Morgan fingerprint density at radius 2 is 1.46 bits per heavy atom. The van der Waals surface area contributed by atoms with Crippen LogP contribution in [0.1, 0.15) is 32.1 Å². The smallest absolute Gasteiger partial charge is 0.343 e. The lowest BCUT2D eigenvalue weighted by Crippen LogP contribution is -2.17. The second-order valence-electron chi connectivity index (χ2n) is 9.02. The highest BCUT2D eigenvalue weighted by Crippen LogP contribution is 2.35. The van der Waals surface area contributed by atoms with Crippen LogP contribution >= 0.6 is 45.8 Å². The van der Waals surface area contributed by atoms with Crippen LogP contribution in [0.5, 0.6) is 0 Å². The molecule has 0 fully saturated rings. The Hall–Kier alpha value is -3.29. The van der Waals surface area contributed by atoms with Crippen LogP contribution in [0.25, 0.3) is 0 Å². The Morgan fingerprint density at radius 1 is 0.854 bits per heavy atom. The molecule has 0 aliphatic carbocycles. The lowest BCUT2D eigenvalue weighted by Gasteiger charge is -2.18. The predicted octanol–water partition coefficient (Wildman–Crippen LogP) is 6.13. The van der Waals surface area contributed by atoms with Gasteiger partial charge in [0.2, 0.25) is 0 Å². The summed E-state index contributed by atoms with van der Waals surface area (Å²) in [6, 6.07) is 15.3. The van der Waals surface area contributed by atoms with Gasteiger partial charge < -0.3 is 19.7 Å². The van der Waals surface area contributed by atoms with Crippen LogP contribution in [0.4, 0.5) is 17.3 Å². The van der Waals surface area contributed by atoms with Gasteiger partial charge in [0.1, 0.15) is 22.8 Å². The van der Waals surface area contributed by atoms with Crippen LogP contribution in [0.3, 0.4) is 0 Å². The molecule has 0 saturated carbocycles. The minimum absolute atomic E-state index is 0.326. The number of hydrogen-bond donors (Lipinski definition) is 1. The molecule has 0 amide bonds. The van der Waals surface area contributed by atoms with Gasteiger partial charge in [0.05, 0.1) is 38.7 Å². The first-order valence-corrected chi connectivity index (χ1v) is 14.5. The number of nitrogens with zero attached hydrogens (tertiary/aromatic N) is 5. The third-order valence-corrected chi connectivity index (χ3v) is 7.46. The first-order chi connectivity index (χ1) is 19.6. The Morgan fingerprint density at radius 3 is 2.07 bits per heavy atom. The number of hydrogen-bond acceptors (Lipinski definition) is 8. The fourth-order valence-corrected chi connectivity index (χ4v) is 5.65. The minimum Gasteiger partial charge on any atom is -0.465 e. The molecule has 2 aromatic heterocycles. The minimum atomic E-state index is -0.363. The van der Waals surface area contributed by atoms with Gasteiger partial charge in [0.25, 0.3) is 0 Å². The van der Waals surface area contributed by atoms with Crippen molar-refractivity contribution in [2.75, 3.05) is 37.5 Å². The second kappa shape index (κ2) is 13.6. The molecule has 10 nitrogen and oxygen atoms in total. The van der Waals surface area contributed by atoms with Crippen LogP contribution in [-0.4, -0.2) is 58.8 Å². The number of methoxy groups -OCH3 is 2. The van der Waals surface area contributed by atoms with Gasteiger partial charge in [-0.25, -0.2) is 19.0 Å². The summed E-state index contributed by atoms with van der Waals surface area (Å²) in [6.07, 6.45) is 0. The van der Waals surface area contributed by atoms with Crippen molar-refractivity contribution in [2.45, 2.75) is 26.9 Å². The van der Waals surface area contributed by atoms with E-state index in [4.69, 9.17) is 27.9 Å². The molecule has 2 aromatic carbocycles. The van der Waals surface area contributed by atoms with Gasteiger partial charge in [0, 0.05) is 32.4 Å². The maximum Gasteiger partial charge on any atom is 0.343 e. The lowest BCUT2D eigenvalue weighted by molar-refractivity contribution is 0.0592. The van der Waals surface area contributed by atoms with E-state index in [0.717, 1.165) is 48.5 Å². The number of rotatable bonds is 3. The largest absolute Gasteiger partial charge is 0.465 e. The zero-order chi connectivity index (χ0) is 29.7. The number of aryl methyl sites for hydroxylation is 2. The van der Waals surface area contributed by atoms with E-state index in [-0.39, 0.29) is 11.9 Å². The molecule has 0 bridgehead atoms. The van der Waals surface area contributed by atoms with Gasteiger partial charge in [-0.3, -0.25) is 0 Å². The molecule has 1 N–H and O–H groups in total. The van der Waals surface area contributed by atoms with E-state index in [1.165, 1.54) is 17.8 Å². The third-order valence-electron chi connectivity index (χ3n) is 6.32. The van der Waals surface area contributed by atoms with Crippen molar-refractivity contribution >= 4 is 75.1 Å². The summed E-state index contributed by atoms with van der Waals surface area (Å²) in [4.78, 5) is 25.3. The second-order valence-corrected chi connectivity index (χ2v) is 11.1. The Kier molecular flexibility index (Phi) is 10.2. The molecule has 4 aromatic rings. The average Bonchev–Trinajstić information content (AvgIpc) is 3.69. The fraction of sp³-hybridized carbons (Fsp3) is 0.286. The first-order valence-electron chi connectivity index (χ1n) is 12.6. The molecule has 0 spiro atoms. The Labute approximate surface area is 261 Å². The van der Waals surface area contributed by atoms with Gasteiger partial charge in [-0.1, -0.05) is 35.3 Å². The standard InChI is InChI=1S/C14H14ClN3O2.C8H11N3O2.C6H4ClI/c1-9-12(14(19)20-2)13-17(6-7-18(13)16-9)11-5-3-4-10(15)8-11;1-5-6(8(12)13-2)7-9-3-4-11(7)10-5;7-5-2-1-3-6(8)4-5/h3-5,8H,6-7H2,1-2H3;9H,3-4H2,1-2H3;1-4H. The predicted molar refractivity (Wildman–Crippen MR) is 168 cm³/mol. The molecule has 216 valence electrons. The van der Waals surface area contributed by atoms with Gasteiger partial charge in [-0.2, -0.15) is 10.2 Å². The topological polar surface area (TPSA) is 104 Å². The molecule has 6 rings (SSSR count). The van der Waals surface area contributed by atoms with Crippen LogP contribution in [0, 0.1) is 17.4 Å². The maximum absolute atomic E-state index is 12.0. The van der Waals surface area contributed by atoms with Gasteiger partial charge in [0.15, 0.2) is 0 Å². The molecule has 0 saturated heterocycles. The normalized spacial score (nSPS) is 12.7. The molecular formula is C28H29Cl2IN6O4. The van der Waals surface area contributed by atoms with E-state index in [1.807, 2.05) is 65.0 Å². The van der Waals surface area contributed by atoms with E-state index in [0.29, 0.717) is 27.5 Å². The number of ether oxygens (including phenoxy) is 2. The Balaban J connectivity index is 0.000000158. The van der Waals surface area contributed by atoms with Crippen LogP contribution in [-0.2, 0) is 22.6 Å². The molecule has 4 heterocycles. The zero-order valence-electron chi connectivity index (χ0n) is 23.0. The highest BCUT2D eigenvalue weighted by molar-refractivity contribution is 14.1. The van der Waals surface area contributed by atoms with Gasteiger partial charge in [-0.15, -0.1) is 0 Å². The molecule has 2 aliphatic heterocycles. The number of carbonyl (C=O) groups excluding carboxylic acids is 2. The maximum atomic E-state index is 12.0. The Bertz CT molecular complexity index is 1550. The van der Waals surface area contributed by atoms with E-state index < -0.39 is 0 Å². The summed E-state index contributed by atoms with van der Waals surface area (Å²) < 4.78 is 14.3. The molecule has 41 heavy (non-hydrogen) atoms. The highest BCUT2D eigenvalue weighted by atomic mass is 127. The first kappa shape index (κ1) is 30.7. The monoisotopic (exact) mass is 710 g/mol. The van der Waals surface area contributed by atoms with E-state index >= 15 is 0 Å². The van der Waals surface area contributed by atoms with Gasteiger partial charge in [-0.05, 0) is 72.8 Å². The molecule has 2 aliphatic rings. The van der Waals surface area contributed by atoms with Crippen LogP contribution in [0.2, 0.25) is 10.0 Å². The zero-order valence-corrected chi connectivity index (χ0v) is 26.6. The SMILES string of the molecule is COC(=O)c1c(C)nn2c1N(c1cccc(Cl)c1)CC2.COC(=O)c1c(C)nn2c1NCC2.Clc1cccc(I)c1. The van der Waals surface area contributed by atoms with E-state index in [2.05, 4.69) is 42.8 Å². The summed E-state index contributed by atoms with van der Waals surface area (Å²) >= 11 is 13.9. The van der Waals surface area contributed by atoms with Crippen molar-refractivity contribution in [2.24, 2.45) is 0 Å². The number of fused-ring (bicyclic) bond motifs is 2. The molecule has 0 atom stereocenters. The van der Waals surface area contributed by atoms with Crippen molar-refractivity contribution in [3.8, 4) is 0 Å². The number of halogens is 3. The number of benzene rings is 2. The molecule has 13 heteroatoms. The van der Waals surface area contributed by atoms with Crippen molar-refractivity contribution in [1.82, 2.24) is 19.6 Å². The molecular weight excluding hydrogens is 682 g/mol. The molecule has 0 unspecified atom stereocenters. The number of esters is 2. The van der Waals surface area contributed by atoms with E-state index in [9.17, 15) is 9.59 Å². The summed E-state index contributed by atoms with van der Waals surface area (Å²) in [7, 11) is 2.76. The summed E-state index contributed by atoms with van der Waals surface area (Å²) in [6.45, 7) is 6.75. The number of nitrogens with one attached hydrogen (secondary N) is 1. The lowest BCUT2D eigenvalue weighted by atomic mass is 10.2.